The van der Waals surface area contributed by atoms with Gasteiger partial charge >= 0.3 is 0 Å². The van der Waals surface area contributed by atoms with Crippen molar-refractivity contribution in [2.24, 2.45) is 24.6 Å². The minimum atomic E-state index is 0.00740. The van der Waals surface area contributed by atoms with Crippen molar-refractivity contribution in [1.82, 2.24) is 19.0 Å². The molecule has 0 spiro atoms. The van der Waals surface area contributed by atoms with Crippen LogP contribution in [0.2, 0.25) is 0 Å². The van der Waals surface area contributed by atoms with Crippen LogP contribution in [0.25, 0.3) is 44.6 Å². The number of methoxy groups -OCH3 is 1. The van der Waals surface area contributed by atoms with Gasteiger partial charge in [0.1, 0.15) is 11.3 Å². The van der Waals surface area contributed by atoms with E-state index in [1.807, 2.05) is 31.1 Å². The molecule has 2 bridgehead atoms. The Balaban J connectivity index is 1.14. The van der Waals surface area contributed by atoms with Crippen molar-refractivity contribution >= 4 is 39.4 Å². The number of piperidine rings is 1. The van der Waals surface area contributed by atoms with Gasteiger partial charge < -0.3 is 29.4 Å². The van der Waals surface area contributed by atoms with Gasteiger partial charge in [-0.05, 0) is 90.6 Å². The number of rotatable bonds is 6. The highest BCUT2D eigenvalue weighted by Gasteiger charge is 2.47. The molecule has 9 rings (SSSR count). The van der Waals surface area contributed by atoms with E-state index in [9.17, 15) is 9.59 Å². The molecule has 3 atom stereocenters. The predicted molar refractivity (Wildman–Crippen MR) is 179 cm³/mol. The number of benzene rings is 3. The molecule has 2 aromatic heterocycles. The number of carbonyl (C=O) groups is 2. The molecule has 2 N–H and O–H groups in total. The number of amides is 2. The molecule has 46 heavy (non-hydrogen) atoms. The van der Waals surface area contributed by atoms with Crippen LogP contribution in [0.1, 0.15) is 41.6 Å². The summed E-state index contributed by atoms with van der Waals surface area (Å²) in [6.07, 6.45) is 4.98. The van der Waals surface area contributed by atoms with Crippen molar-refractivity contribution < 1.29 is 14.3 Å². The zero-order valence-electron chi connectivity index (χ0n) is 26.5. The van der Waals surface area contributed by atoms with Crippen LogP contribution in [-0.2, 0) is 24.8 Å². The van der Waals surface area contributed by atoms with Crippen LogP contribution in [-0.4, -0.2) is 63.6 Å². The molecule has 3 fully saturated rings. The van der Waals surface area contributed by atoms with Crippen molar-refractivity contribution in [3.63, 3.8) is 0 Å². The van der Waals surface area contributed by atoms with Gasteiger partial charge in [-0.1, -0.05) is 18.2 Å². The second-order valence-electron chi connectivity index (χ2n) is 13.8. The molecule has 2 aliphatic carbocycles. The standard InChI is InChI=1S/C37H38N6O3/c1-40-28-10-8-21(12-25(28)17-33(40)44)22-6-7-23-15-31(42(30(23)14-22)18-20-4-5-20)36-39-27-13-26(16-32(46-3)35(27)41(36)2)37(45)43-19-24-9-11-29(43)34(24)38/h6-8,10,12-16,20,24,29,34H,4-5,9,11,17-19,38H2,1-3H3/t24-,29-,34-/m1/s1. The zero-order valence-corrected chi connectivity index (χ0v) is 26.5. The number of hydrogen-bond acceptors (Lipinski definition) is 5. The van der Waals surface area contributed by atoms with Gasteiger partial charge in [-0.2, -0.15) is 0 Å². The molecule has 2 amide bonds. The Morgan fingerprint density at radius 1 is 1.00 bits per heavy atom. The third-order valence-corrected chi connectivity index (χ3v) is 11.1. The highest BCUT2D eigenvalue weighted by Crippen LogP contribution is 2.41. The molecule has 9 nitrogen and oxygen atoms in total. The normalized spacial score (nSPS) is 22.1. The molecule has 0 unspecified atom stereocenters. The number of aryl methyl sites for hydroxylation is 1. The Labute approximate surface area is 267 Å². The average molecular weight is 615 g/mol. The van der Waals surface area contributed by atoms with Gasteiger partial charge in [0.15, 0.2) is 5.82 Å². The van der Waals surface area contributed by atoms with Gasteiger partial charge in [0.25, 0.3) is 5.91 Å². The lowest BCUT2D eigenvalue weighted by Crippen LogP contribution is -2.41. The number of nitrogens with zero attached hydrogens (tertiary/aromatic N) is 5. The summed E-state index contributed by atoms with van der Waals surface area (Å²) in [4.78, 5) is 34.9. The lowest BCUT2D eigenvalue weighted by Gasteiger charge is -2.27. The van der Waals surface area contributed by atoms with E-state index < -0.39 is 0 Å². The highest BCUT2D eigenvalue weighted by molar-refractivity contribution is 6.02. The maximum absolute atomic E-state index is 13.8. The van der Waals surface area contributed by atoms with E-state index in [4.69, 9.17) is 15.5 Å². The van der Waals surface area contributed by atoms with Crippen molar-refractivity contribution in [2.75, 3.05) is 25.6 Å². The number of aromatic nitrogens is 3. The molecule has 9 heteroatoms. The summed E-state index contributed by atoms with van der Waals surface area (Å²) in [6, 6.07) is 19.2. The Bertz CT molecular complexity index is 2110. The highest BCUT2D eigenvalue weighted by atomic mass is 16.5. The number of nitrogens with two attached hydrogens (primary N) is 1. The molecule has 1 saturated heterocycles. The van der Waals surface area contributed by atoms with Crippen molar-refractivity contribution in [2.45, 2.75) is 50.7 Å². The van der Waals surface area contributed by atoms with E-state index in [1.54, 1.807) is 12.0 Å². The first-order chi connectivity index (χ1) is 22.3. The number of likely N-dealkylation sites (N-methyl/N-ethyl adjacent to an activating group) is 1. The topological polar surface area (TPSA) is 98.6 Å². The number of carbonyl (C=O) groups excluding carboxylic acids is 2. The fourth-order valence-corrected chi connectivity index (χ4v) is 8.29. The number of fused-ring (bicyclic) bond motifs is 5. The number of imidazole rings is 1. The van der Waals surface area contributed by atoms with E-state index in [2.05, 4.69) is 51.6 Å². The molecule has 2 aliphatic heterocycles. The van der Waals surface area contributed by atoms with Crippen LogP contribution in [0.5, 0.6) is 5.75 Å². The lowest BCUT2D eigenvalue weighted by atomic mass is 10.0. The zero-order chi connectivity index (χ0) is 31.4. The minimum absolute atomic E-state index is 0.00740. The van der Waals surface area contributed by atoms with Crippen LogP contribution in [0.3, 0.4) is 0 Å². The summed E-state index contributed by atoms with van der Waals surface area (Å²) < 4.78 is 10.4. The fourth-order valence-electron chi connectivity index (χ4n) is 8.29. The third kappa shape index (κ3) is 4.07. The third-order valence-electron chi connectivity index (χ3n) is 11.1. The number of hydrogen-bond donors (Lipinski definition) is 1. The maximum Gasteiger partial charge on any atom is 0.254 e. The van der Waals surface area contributed by atoms with Gasteiger partial charge in [-0.15, -0.1) is 0 Å². The van der Waals surface area contributed by atoms with Gasteiger partial charge in [-0.25, -0.2) is 4.98 Å². The van der Waals surface area contributed by atoms with Crippen LogP contribution in [0, 0.1) is 11.8 Å². The van der Waals surface area contributed by atoms with E-state index >= 15 is 0 Å². The fraction of sp³-hybridized carbons (Fsp3) is 0.378. The first-order valence-corrected chi connectivity index (χ1v) is 16.4. The smallest absolute Gasteiger partial charge is 0.254 e. The van der Waals surface area contributed by atoms with Crippen LogP contribution < -0.4 is 15.4 Å². The van der Waals surface area contributed by atoms with Gasteiger partial charge in [-0.3, -0.25) is 9.59 Å². The van der Waals surface area contributed by atoms with Gasteiger partial charge in [0.05, 0.1) is 24.7 Å². The van der Waals surface area contributed by atoms with Gasteiger partial charge in [0.2, 0.25) is 5.91 Å². The SMILES string of the molecule is COc1cc(C(=O)N2C[C@H]3CC[C@@H]2[C@@H]3N)cc2nc(-c3cc4ccc(-c5ccc6c(c5)CC(=O)N6C)cc4n3CC3CC3)n(C)c12. The number of ether oxygens (including phenoxy) is 1. The van der Waals surface area contributed by atoms with Crippen molar-refractivity contribution in [3.8, 4) is 28.4 Å². The summed E-state index contributed by atoms with van der Waals surface area (Å²) in [7, 11) is 5.52. The van der Waals surface area contributed by atoms with E-state index in [0.717, 1.165) is 76.2 Å². The van der Waals surface area contributed by atoms with Crippen LogP contribution in [0.15, 0.2) is 54.6 Å². The van der Waals surface area contributed by atoms with Gasteiger partial charge in [0, 0.05) is 61.4 Å². The largest absolute Gasteiger partial charge is 0.494 e. The Morgan fingerprint density at radius 3 is 2.54 bits per heavy atom. The first kappa shape index (κ1) is 27.7. The summed E-state index contributed by atoms with van der Waals surface area (Å²) in [5.74, 6) is 2.67. The van der Waals surface area contributed by atoms with Crippen molar-refractivity contribution in [1.29, 1.82) is 0 Å². The average Bonchev–Trinajstić information content (AvgIpc) is 3.26. The molecule has 0 radical (unpaired) electrons. The predicted octanol–water partition coefficient (Wildman–Crippen LogP) is 5.36. The Morgan fingerprint density at radius 2 is 1.80 bits per heavy atom. The van der Waals surface area contributed by atoms with E-state index in [-0.39, 0.29) is 23.9 Å². The van der Waals surface area contributed by atoms with E-state index in [1.165, 1.54) is 18.4 Å². The number of likely N-dealkylation sites (tertiary alicyclic amines) is 1. The molecule has 4 heterocycles. The molecule has 3 aromatic carbocycles. The summed E-state index contributed by atoms with van der Waals surface area (Å²) in [6.45, 7) is 1.65. The monoisotopic (exact) mass is 614 g/mol. The number of anilines is 1. The molecule has 4 aliphatic rings. The first-order valence-electron chi connectivity index (χ1n) is 16.4. The Kier molecular flexibility index (Phi) is 5.97. The lowest BCUT2D eigenvalue weighted by molar-refractivity contribution is -0.117. The summed E-state index contributed by atoms with van der Waals surface area (Å²) in [5, 5.41) is 1.16. The summed E-state index contributed by atoms with van der Waals surface area (Å²) >= 11 is 0. The maximum atomic E-state index is 13.8. The van der Waals surface area contributed by atoms with Crippen molar-refractivity contribution in [3.05, 3.63) is 65.7 Å². The quantitative estimate of drug-likeness (QED) is 0.278. The summed E-state index contributed by atoms with van der Waals surface area (Å²) in [5.41, 5.74) is 15.2. The molecule has 2 saturated carbocycles. The molecular formula is C37H38N6O3. The van der Waals surface area contributed by atoms with Crippen LogP contribution in [0.4, 0.5) is 5.69 Å². The van der Waals surface area contributed by atoms with Crippen LogP contribution >= 0.6 is 0 Å². The second-order valence-corrected chi connectivity index (χ2v) is 13.8. The molecule has 234 valence electrons. The second kappa shape index (κ2) is 9.93. The Hall–Kier alpha value is -4.63. The minimum Gasteiger partial charge on any atom is -0.494 e. The molecule has 5 aromatic rings. The van der Waals surface area contributed by atoms with E-state index in [0.29, 0.717) is 29.6 Å². The molecular weight excluding hydrogens is 576 g/mol.